The molecule has 26 heavy (non-hydrogen) atoms. The van der Waals surface area contributed by atoms with Crippen LogP contribution in [-0.2, 0) is 13.1 Å². The summed E-state index contributed by atoms with van der Waals surface area (Å²) in [6.07, 6.45) is 1.38. The number of carbonyl (C=O) groups excluding carboxylic acids is 1. The van der Waals surface area contributed by atoms with Crippen LogP contribution in [0, 0.1) is 6.92 Å². The number of rotatable bonds is 6. The van der Waals surface area contributed by atoms with Gasteiger partial charge in [-0.15, -0.1) is 0 Å². The number of amides is 1. The largest absolute Gasteiger partial charge is 0.366 e. The van der Waals surface area contributed by atoms with Gasteiger partial charge in [0.2, 0.25) is 0 Å². The number of hydrogen-bond acceptors (Lipinski definition) is 4. The fourth-order valence-electron chi connectivity index (χ4n) is 2.48. The summed E-state index contributed by atoms with van der Waals surface area (Å²) < 4.78 is 0. The van der Waals surface area contributed by atoms with Crippen molar-refractivity contribution in [3.8, 4) is 0 Å². The van der Waals surface area contributed by atoms with E-state index in [4.69, 9.17) is 11.6 Å². The molecule has 3 rings (SSSR count). The monoisotopic (exact) mass is 366 g/mol. The summed E-state index contributed by atoms with van der Waals surface area (Å²) in [5.41, 5.74) is 3.54. The molecular weight excluding hydrogens is 348 g/mol. The Kier molecular flexibility index (Phi) is 5.81. The van der Waals surface area contributed by atoms with E-state index in [2.05, 4.69) is 39.7 Å². The van der Waals surface area contributed by atoms with Crippen molar-refractivity contribution in [3.63, 3.8) is 0 Å². The van der Waals surface area contributed by atoms with Gasteiger partial charge in [-0.3, -0.25) is 4.79 Å². The van der Waals surface area contributed by atoms with Crippen LogP contribution < -0.4 is 10.6 Å². The minimum atomic E-state index is -0.272. The topological polar surface area (TPSA) is 66.9 Å². The summed E-state index contributed by atoms with van der Waals surface area (Å²) in [5.74, 6) is 0.331. The number of anilines is 1. The average Bonchev–Trinajstić information content (AvgIpc) is 2.67. The molecule has 0 unspecified atom stereocenters. The molecule has 1 amide bonds. The average molecular weight is 367 g/mol. The van der Waals surface area contributed by atoms with Crippen molar-refractivity contribution in [1.29, 1.82) is 0 Å². The predicted molar refractivity (Wildman–Crippen MR) is 103 cm³/mol. The molecule has 0 aliphatic heterocycles. The van der Waals surface area contributed by atoms with Crippen LogP contribution in [0.4, 0.5) is 5.82 Å². The van der Waals surface area contributed by atoms with Crippen LogP contribution in [0.3, 0.4) is 0 Å². The number of aryl methyl sites for hydroxylation is 1. The number of benzene rings is 2. The van der Waals surface area contributed by atoms with Gasteiger partial charge in [0.1, 0.15) is 17.8 Å². The van der Waals surface area contributed by atoms with E-state index < -0.39 is 0 Å². The molecule has 3 aromatic rings. The fraction of sp³-hybridized carbons (Fsp3) is 0.150. The van der Waals surface area contributed by atoms with Crippen LogP contribution in [0.15, 0.2) is 60.9 Å². The second-order valence-corrected chi connectivity index (χ2v) is 6.25. The zero-order valence-electron chi connectivity index (χ0n) is 14.4. The van der Waals surface area contributed by atoms with Gasteiger partial charge in [0, 0.05) is 24.2 Å². The zero-order chi connectivity index (χ0) is 18.4. The Labute approximate surface area is 157 Å². The standard InChI is InChI=1S/C20H19ClN4O/c1-14-6-2-3-7-15(14)11-22-19-10-18(24-13-25-19)20(26)23-12-16-8-4-5-9-17(16)21/h2-10,13H,11-12H2,1H3,(H,23,26)(H,22,24,25). The van der Waals surface area contributed by atoms with Gasteiger partial charge in [-0.1, -0.05) is 54.1 Å². The Morgan fingerprint density at radius 2 is 1.73 bits per heavy atom. The lowest BCUT2D eigenvalue weighted by Gasteiger charge is -2.10. The molecule has 0 atom stereocenters. The third kappa shape index (κ3) is 4.58. The lowest BCUT2D eigenvalue weighted by Crippen LogP contribution is -2.24. The van der Waals surface area contributed by atoms with Gasteiger partial charge in [-0.05, 0) is 29.7 Å². The first-order chi connectivity index (χ1) is 12.6. The van der Waals surface area contributed by atoms with Crippen molar-refractivity contribution in [2.75, 3.05) is 5.32 Å². The van der Waals surface area contributed by atoms with Crippen LogP contribution in [-0.4, -0.2) is 15.9 Å². The van der Waals surface area contributed by atoms with E-state index in [1.54, 1.807) is 12.1 Å². The molecule has 0 saturated carbocycles. The van der Waals surface area contributed by atoms with Crippen molar-refractivity contribution in [3.05, 3.63) is 88.3 Å². The molecule has 0 fully saturated rings. The number of hydrogen-bond donors (Lipinski definition) is 2. The van der Waals surface area contributed by atoms with Crippen molar-refractivity contribution >= 4 is 23.3 Å². The fourth-order valence-corrected chi connectivity index (χ4v) is 2.68. The highest BCUT2D eigenvalue weighted by molar-refractivity contribution is 6.31. The molecule has 5 nitrogen and oxygen atoms in total. The lowest BCUT2D eigenvalue weighted by molar-refractivity contribution is 0.0946. The third-order valence-corrected chi connectivity index (χ3v) is 4.39. The van der Waals surface area contributed by atoms with Crippen molar-refractivity contribution in [2.24, 2.45) is 0 Å². The van der Waals surface area contributed by atoms with Crippen LogP contribution >= 0.6 is 11.6 Å². The first-order valence-electron chi connectivity index (χ1n) is 8.25. The minimum absolute atomic E-state index is 0.272. The SMILES string of the molecule is Cc1ccccc1CNc1cc(C(=O)NCc2ccccc2Cl)ncn1. The molecule has 0 spiro atoms. The van der Waals surface area contributed by atoms with Gasteiger partial charge in [-0.2, -0.15) is 0 Å². The zero-order valence-corrected chi connectivity index (χ0v) is 15.1. The van der Waals surface area contributed by atoms with Crippen molar-refractivity contribution < 1.29 is 4.79 Å². The molecule has 132 valence electrons. The van der Waals surface area contributed by atoms with E-state index >= 15 is 0 Å². The summed E-state index contributed by atoms with van der Waals surface area (Å²) >= 11 is 6.10. The van der Waals surface area contributed by atoms with Crippen LogP contribution in [0.5, 0.6) is 0 Å². The highest BCUT2D eigenvalue weighted by Gasteiger charge is 2.09. The van der Waals surface area contributed by atoms with E-state index in [1.807, 2.05) is 30.3 Å². The van der Waals surface area contributed by atoms with Crippen LogP contribution in [0.1, 0.15) is 27.2 Å². The Bertz CT molecular complexity index is 914. The van der Waals surface area contributed by atoms with E-state index in [0.29, 0.717) is 29.6 Å². The maximum Gasteiger partial charge on any atom is 0.270 e. The molecular formula is C20H19ClN4O. The summed E-state index contributed by atoms with van der Waals surface area (Å²) in [4.78, 5) is 20.6. The molecule has 0 aliphatic carbocycles. The molecule has 2 N–H and O–H groups in total. The van der Waals surface area contributed by atoms with Crippen LogP contribution in [0.2, 0.25) is 5.02 Å². The second-order valence-electron chi connectivity index (χ2n) is 5.84. The minimum Gasteiger partial charge on any atom is -0.366 e. The number of carbonyl (C=O) groups is 1. The van der Waals surface area contributed by atoms with Gasteiger partial charge in [0.25, 0.3) is 5.91 Å². The van der Waals surface area contributed by atoms with Gasteiger partial charge >= 0.3 is 0 Å². The first-order valence-corrected chi connectivity index (χ1v) is 8.63. The number of halogens is 1. The predicted octanol–water partition coefficient (Wildman–Crippen LogP) is 3.98. The summed E-state index contributed by atoms with van der Waals surface area (Å²) in [6, 6.07) is 17.2. The summed E-state index contributed by atoms with van der Waals surface area (Å²) in [5, 5.41) is 6.67. The maximum atomic E-state index is 12.3. The normalized spacial score (nSPS) is 10.4. The lowest BCUT2D eigenvalue weighted by atomic mass is 10.1. The molecule has 0 saturated heterocycles. The molecule has 2 aromatic carbocycles. The third-order valence-electron chi connectivity index (χ3n) is 4.02. The molecule has 0 bridgehead atoms. The molecule has 6 heteroatoms. The quantitative estimate of drug-likeness (QED) is 0.692. The second kappa shape index (κ2) is 8.45. The van der Waals surface area contributed by atoms with Crippen molar-refractivity contribution in [1.82, 2.24) is 15.3 Å². The summed E-state index contributed by atoms with van der Waals surface area (Å²) in [7, 11) is 0. The van der Waals surface area contributed by atoms with E-state index in [9.17, 15) is 4.79 Å². The number of aromatic nitrogens is 2. The number of nitrogens with one attached hydrogen (secondary N) is 2. The van der Waals surface area contributed by atoms with Gasteiger partial charge in [0.15, 0.2) is 0 Å². The Balaban J connectivity index is 1.62. The number of nitrogens with zero attached hydrogens (tertiary/aromatic N) is 2. The van der Waals surface area contributed by atoms with Crippen LogP contribution in [0.25, 0.3) is 0 Å². The Morgan fingerprint density at radius 1 is 1.00 bits per heavy atom. The van der Waals surface area contributed by atoms with E-state index in [1.165, 1.54) is 17.5 Å². The van der Waals surface area contributed by atoms with Gasteiger partial charge in [-0.25, -0.2) is 9.97 Å². The molecule has 0 aliphatic rings. The highest BCUT2D eigenvalue weighted by atomic mass is 35.5. The smallest absolute Gasteiger partial charge is 0.270 e. The van der Waals surface area contributed by atoms with Crippen molar-refractivity contribution in [2.45, 2.75) is 20.0 Å². The Hall–Kier alpha value is -2.92. The molecule has 1 heterocycles. The molecule has 1 aromatic heterocycles. The van der Waals surface area contributed by atoms with E-state index in [-0.39, 0.29) is 5.91 Å². The maximum absolute atomic E-state index is 12.3. The van der Waals surface area contributed by atoms with Gasteiger partial charge < -0.3 is 10.6 Å². The van der Waals surface area contributed by atoms with Gasteiger partial charge in [0.05, 0.1) is 0 Å². The Morgan fingerprint density at radius 3 is 2.50 bits per heavy atom. The molecule has 0 radical (unpaired) electrons. The van der Waals surface area contributed by atoms with E-state index in [0.717, 1.165) is 5.56 Å². The highest BCUT2D eigenvalue weighted by Crippen LogP contribution is 2.15. The first kappa shape index (κ1) is 17.9. The summed E-state index contributed by atoms with van der Waals surface area (Å²) in [6.45, 7) is 3.03.